The quantitative estimate of drug-likeness (QED) is 0.760. The Morgan fingerprint density at radius 2 is 1.90 bits per heavy atom. The lowest BCUT2D eigenvalue weighted by Crippen LogP contribution is -2.49. The van der Waals surface area contributed by atoms with Crippen LogP contribution in [0.15, 0.2) is 16.6 Å². The fraction of sp³-hybridized carbons (Fsp3) is 0.625. The van der Waals surface area contributed by atoms with Crippen molar-refractivity contribution in [2.24, 2.45) is 5.41 Å². The van der Waals surface area contributed by atoms with Crippen molar-refractivity contribution in [2.75, 3.05) is 13.7 Å². The van der Waals surface area contributed by atoms with Gasteiger partial charge in [0.15, 0.2) is 0 Å². The summed E-state index contributed by atoms with van der Waals surface area (Å²) < 4.78 is 34.0. The summed E-state index contributed by atoms with van der Waals surface area (Å²) in [6, 6.07) is 2.50. The van der Waals surface area contributed by atoms with Gasteiger partial charge in [-0.15, -0.1) is 0 Å². The van der Waals surface area contributed by atoms with Crippen molar-refractivity contribution in [1.82, 2.24) is 5.32 Å². The molecule has 5 heteroatoms. The van der Waals surface area contributed by atoms with E-state index in [0.717, 1.165) is 0 Å². The van der Waals surface area contributed by atoms with E-state index in [-0.39, 0.29) is 34.0 Å². The highest BCUT2D eigenvalue weighted by Gasteiger charge is 2.33. The predicted molar refractivity (Wildman–Crippen MR) is 85.5 cm³/mol. The fourth-order valence-corrected chi connectivity index (χ4v) is 3.02. The van der Waals surface area contributed by atoms with Gasteiger partial charge < -0.3 is 10.1 Å². The smallest absolute Gasteiger partial charge is 0.143 e. The first-order valence-electron chi connectivity index (χ1n) is 7.10. The molecule has 0 bridgehead atoms. The van der Waals surface area contributed by atoms with Gasteiger partial charge in [0.2, 0.25) is 0 Å². The standard InChI is InChI=1S/C16H24BrF2NO/c1-6-20-13(15(21-5)16(2,3)4)9-10-12(18)8-7-11(17)14(10)19/h7-8,13,15,20H,6,9H2,1-5H3. The summed E-state index contributed by atoms with van der Waals surface area (Å²) >= 11 is 3.11. The Morgan fingerprint density at radius 3 is 2.38 bits per heavy atom. The van der Waals surface area contributed by atoms with E-state index < -0.39 is 11.6 Å². The molecule has 21 heavy (non-hydrogen) atoms. The number of methoxy groups -OCH3 is 1. The number of hydrogen-bond donors (Lipinski definition) is 1. The molecule has 0 aromatic heterocycles. The maximum Gasteiger partial charge on any atom is 0.143 e. The van der Waals surface area contributed by atoms with Crippen molar-refractivity contribution in [2.45, 2.75) is 46.3 Å². The van der Waals surface area contributed by atoms with Crippen LogP contribution in [0, 0.1) is 17.0 Å². The van der Waals surface area contributed by atoms with E-state index in [9.17, 15) is 8.78 Å². The molecule has 0 aliphatic heterocycles. The van der Waals surface area contributed by atoms with Gasteiger partial charge in [0.25, 0.3) is 0 Å². The van der Waals surface area contributed by atoms with Crippen molar-refractivity contribution >= 4 is 15.9 Å². The molecule has 2 unspecified atom stereocenters. The second-order valence-corrected chi connectivity index (χ2v) is 7.07. The second kappa shape index (κ2) is 7.65. The molecule has 120 valence electrons. The maximum absolute atomic E-state index is 14.2. The molecule has 2 nitrogen and oxygen atoms in total. The van der Waals surface area contributed by atoms with Crippen LogP contribution in [0.5, 0.6) is 0 Å². The van der Waals surface area contributed by atoms with Crippen LogP contribution in [0.1, 0.15) is 33.3 Å². The van der Waals surface area contributed by atoms with E-state index in [2.05, 4.69) is 42.0 Å². The summed E-state index contributed by atoms with van der Waals surface area (Å²) in [6.45, 7) is 8.84. The molecule has 0 saturated carbocycles. The van der Waals surface area contributed by atoms with Crippen molar-refractivity contribution in [1.29, 1.82) is 0 Å². The maximum atomic E-state index is 14.2. The van der Waals surface area contributed by atoms with E-state index in [1.807, 2.05) is 6.92 Å². The van der Waals surface area contributed by atoms with Crippen LogP contribution in [0.3, 0.4) is 0 Å². The van der Waals surface area contributed by atoms with E-state index in [4.69, 9.17) is 4.74 Å². The molecule has 0 spiro atoms. The minimum atomic E-state index is -0.540. The van der Waals surface area contributed by atoms with Crippen LogP contribution in [0.25, 0.3) is 0 Å². The largest absolute Gasteiger partial charge is 0.379 e. The minimum absolute atomic E-state index is 0.0848. The topological polar surface area (TPSA) is 21.3 Å². The molecule has 0 fully saturated rings. The number of nitrogens with one attached hydrogen (secondary N) is 1. The number of hydrogen-bond acceptors (Lipinski definition) is 2. The van der Waals surface area contributed by atoms with Gasteiger partial charge in [-0.1, -0.05) is 27.7 Å². The van der Waals surface area contributed by atoms with Crippen molar-refractivity contribution < 1.29 is 13.5 Å². The van der Waals surface area contributed by atoms with Gasteiger partial charge in [-0.25, -0.2) is 8.78 Å². The fourth-order valence-electron chi connectivity index (χ4n) is 2.65. The summed E-state index contributed by atoms with van der Waals surface area (Å²) in [5.41, 5.74) is -0.0535. The molecule has 0 heterocycles. The minimum Gasteiger partial charge on any atom is -0.379 e. The highest BCUT2D eigenvalue weighted by Crippen LogP contribution is 2.29. The van der Waals surface area contributed by atoms with Gasteiger partial charge >= 0.3 is 0 Å². The number of rotatable bonds is 6. The first-order valence-corrected chi connectivity index (χ1v) is 7.90. The zero-order valence-electron chi connectivity index (χ0n) is 13.3. The average molecular weight is 364 g/mol. The lowest BCUT2D eigenvalue weighted by atomic mass is 9.82. The Hall–Kier alpha value is -0.520. The molecule has 1 N–H and O–H groups in total. The SMILES string of the molecule is CCNC(Cc1c(F)ccc(Br)c1F)C(OC)C(C)(C)C. The van der Waals surface area contributed by atoms with Gasteiger partial charge in [-0.3, -0.25) is 0 Å². The molecule has 1 aromatic carbocycles. The summed E-state index contributed by atoms with van der Waals surface area (Å²) in [6.07, 6.45) is 0.0796. The van der Waals surface area contributed by atoms with Crippen LogP contribution in [0.2, 0.25) is 0 Å². The van der Waals surface area contributed by atoms with E-state index in [1.165, 1.54) is 12.1 Å². The van der Waals surface area contributed by atoms with E-state index in [1.54, 1.807) is 7.11 Å². The van der Waals surface area contributed by atoms with Crippen LogP contribution >= 0.6 is 15.9 Å². The van der Waals surface area contributed by atoms with Gasteiger partial charge in [-0.05, 0) is 46.4 Å². The third-order valence-electron chi connectivity index (χ3n) is 3.50. The van der Waals surface area contributed by atoms with Crippen LogP contribution in [0.4, 0.5) is 8.78 Å². The lowest BCUT2D eigenvalue weighted by Gasteiger charge is -2.36. The molecular weight excluding hydrogens is 340 g/mol. The Morgan fingerprint density at radius 1 is 1.29 bits per heavy atom. The highest BCUT2D eigenvalue weighted by atomic mass is 79.9. The third-order valence-corrected chi connectivity index (χ3v) is 4.11. The Labute approximate surface area is 134 Å². The predicted octanol–water partition coefficient (Wildman–Crippen LogP) is 4.31. The average Bonchev–Trinajstić information content (AvgIpc) is 2.38. The normalized spacial score (nSPS) is 15.0. The van der Waals surface area contributed by atoms with Crippen molar-refractivity contribution in [3.05, 3.63) is 33.8 Å². The molecule has 0 radical (unpaired) electrons. The number of halogens is 3. The van der Waals surface area contributed by atoms with Crippen LogP contribution in [-0.2, 0) is 11.2 Å². The van der Waals surface area contributed by atoms with Gasteiger partial charge in [0, 0.05) is 18.7 Å². The number of likely N-dealkylation sites (N-methyl/N-ethyl adjacent to an activating group) is 1. The molecular formula is C16H24BrF2NO. The zero-order chi connectivity index (χ0) is 16.2. The Kier molecular flexibility index (Phi) is 6.75. The van der Waals surface area contributed by atoms with Gasteiger partial charge in [0.05, 0.1) is 10.6 Å². The Bertz CT molecular complexity index is 474. The molecule has 0 saturated heterocycles. The van der Waals surface area contributed by atoms with Crippen LogP contribution < -0.4 is 5.32 Å². The lowest BCUT2D eigenvalue weighted by molar-refractivity contribution is -0.0109. The number of benzene rings is 1. The van der Waals surface area contributed by atoms with Crippen molar-refractivity contribution in [3.63, 3.8) is 0 Å². The molecule has 0 aliphatic carbocycles. The second-order valence-electron chi connectivity index (χ2n) is 6.21. The summed E-state index contributed by atoms with van der Waals surface area (Å²) in [5.74, 6) is -1.07. The first-order chi connectivity index (χ1) is 9.72. The Balaban J connectivity index is 3.12. The van der Waals surface area contributed by atoms with Gasteiger partial charge in [-0.2, -0.15) is 0 Å². The number of ether oxygens (including phenoxy) is 1. The van der Waals surface area contributed by atoms with E-state index >= 15 is 0 Å². The van der Waals surface area contributed by atoms with Gasteiger partial charge in [0.1, 0.15) is 11.6 Å². The summed E-state index contributed by atoms with van der Waals surface area (Å²) in [4.78, 5) is 0. The van der Waals surface area contributed by atoms with E-state index in [0.29, 0.717) is 6.54 Å². The molecule has 2 atom stereocenters. The first kappa shape index (κ1) is 18.5. The molecule has 1 aromatic rings. The van der Waals surface area contributed by atoms with Crippen LogP contribution in [-0.4, -0.2) is 25.8 Å². The highest BCUT2D eigenvalue weighted by molar-refractivity contribution is 9.10. The summed E-state index contributed by atoms with van der Waals surface area (Å²) in [5, 5.41) is 3.29. The third kappa shape index (κ3) is 4.73. The summed E-state index contributed by atoms with van der Waals surface area (Å²) in [7, 11) is 1.63. The molecule has 1 rings (SSSR count). The zero-order valence-corrected chi connectivity index (χ0v) is 14.9. The molecule has 0 amide bonds. The van der Waals surface area contributed by atoms with Crippen molar-refractivity contribution in [3.8, 4) is 0 Å². The monoisotopic (exact) mass is 363 g/mol. The molecule has 0 aliphatic rings.